The highest BCUT2D eigenvalue weighted by atomic mass is 32.2. The number of ether oxygens (including phenoxy) is 3. The number of amides is 1. The molecule has 9 heteroatoms. The second kappa shape index (κ2) is 8.80. The van der Waals surface area contributed by atoms with Crippen molar-refractivity contribution in [2.24, 2.45) is 0 Å². The SMILES string of the molecule is COc1ccc(S(=O)(=O)N(CC(=O)Nc2ccc3c(c2)OCO3)c2ccccc2)cc1C. The number of aryl methyl sites for hydroxylation is 1. The minimum absolute atomic E-state index is 0.0653. The van der Waals surface area contributed by atoms with Gasteiger partial charge in [-0.25, -0.2) is 8.42 Å². The summed E-state index contributed by atoms with van der Waals surface area (Å²) in [4.78, 5) is 12.9. The molecule has 1 aliphatic rings. The Kier molecular flexibility index (Phi) is 5.91. The maximum atomic E-state index is 13.5. The van der Waals surface area contributed by atoms with Gasteiger partial charge in [0, 0.05) is 11.8 Å². The number of hydrogen-bond acceptors (Lipinski definition) is 6. The number of benzene rings is 3. The minimum Gasteiger partial charge on any atom is -0.496 e. The van der Waals surface area contributed by atoms with Crippen LogP contribution in [0.1, 0.15) is 5.56 Å². The van der Waals surface area contributed by atoms with Crippen molar-refractivity contribution in [1.82, 2.24) is 0 Å². The van der Waals surface area contributed by atoms with Crippen molar-refractivity contribution in [1.29, 1.82) is 0 Å². The van der Waals surface area contributed by atoms with E-state index >= 15 is 0 Å². The van der Waals surface area contributed by atoms with Crippen LogP contribution in [0.15, 0.2) is 71.6 Å². The predicted molar refractivity (Wildman–Crippen MR) is 120 cm³/mol. The molecule has 0 fully saturated rings. The monoisotopic (exact) mass is 454 g/mol. The second-order valence-corrected chi connectivity index (χ2v) is 8.96. The van der Waals surface area contributed by atoms with Crippen molar-refractivity contribution in [3.8, 4) is 17.2 Å². The minimum atomic E-state index is -4.03. The molecule has 3 aromatic carbocycles. The summed E-state index contributed by atoms with van der Waals surface area (Å²) in [6.45, 7) is 1.47. The van der Waals surface area contributed by atoms with Crippen molar-refractivity contribution >= 4 is 27.3 Å². The van der Waals surface area contributed by atoms with Gasteiger partial charge in [0.15, 0.2) is 11.5 Å². The number of nitrogens with zero attached hydrogens (tertiary/aromatic N) is 1. The highest BCUT2D eigenvalue weighted by Gasteiger charge is 2.28. The third-order valence-electron chi connectivity index (χ3n) is 4.94. The third-order valence-corrected chi connectivity index (χ3v) is 6.71. The Morgan fingerprint density at radius 2 is 1.78 bits per heavy atom. The molecule has 3 aromatic rings. The van der Waals surface area contributed by atoms with Gasteiger partial charge in [-0.2, -0.15) is 0 Å². The average Bonchev–Trinajstić information content (AvgIpc) is 3.26. The number of fused-ring (bicyclic) bond motifs is 1. The van der Waals surface area contributed by atoms with Gasteiger partial charge >= 0.3 is 0 Å². The Bertz CT molecular complexity index is 1240. The third kappa shape index (κ3) is 4.33. The molecule has 1 aliphatic heterocycles. The zero-order valence-corrected chi connectivity index (χ0v) is 18.4. The molecule has 0 saturated heterocycles. The smallest absolute Gasteiger partial charge is 0.264 e. The molecular formula is C23H22N2O6S. The summed E-state index contributed by atoms with van der Waals surface area (Å²) in [6.07, 6.45) is 0. The van der Waals surface area contributed by atoms with Crippen LogP contribution in [0.25, 0.3) is 0 Å². The second-order valence-electron chi connectivity index (χ2n) is 7.09. The van der Waals surface area contributed by atoms with Gasteiger partial charge in [0.25, 0.3) is 10.0 Å². The topological polar surface area (TPSA) is 94.2 Å². The highest BCUT2D eigenvalue weighted by Crippen LogP contribution is 2.34. The van der Waals surface area contributed by atoms with Gasteiger partial charge in [0.1, 0.15) is 12.3 Å². The van der Waals surface area contributed by atoms with Crippen molar-refractivity contribution in [2.75, 3.05) is 30.1 Å². The number of rotatable bonds is 7. The van der Waals surface area contributed by atoms with Crippen molar-refractivity contribution < 1.29 is 27.4 Å². The first-order chi connectivity index (χ1) is 15.4. The summed E-state index contributed by atoms with van der Waals surface area (Å²) in [5, 5.41) is 2.72. The molecule has 4 rings (SSSR count). The quantitative estimate of drug-likeness (QED) is 0.587. The first-order valence-electron chi connectivity index (χ1n) is 9.80. The van der Waals surface area contributed by atoms with Crippen LogP contribution in [0.4, 0.5) is 11.4 Å². The molecule has 0 aromatic heterocycles. The lowest BCUT2D eigenvalue weighted by Gasteiger charge is -2.24. The largest absolute Gasteiger partial charge is 0.496 e. The summed E-state index contributed by atoms with van der Waals surface area (Å²) in [7, 11) is -2.51. The van der Waals surface area contributed by atoms with E-state index in [2.05, 4.69) is 5.32 Å². The van der Waals surface area contributed by atoms with Crippen LogP contribution < -0.4 is 23.8 Å². The molecule has 1 heterocycles. The Labute approximate surface area is 186 Å². The van der Waals surface area contributed by atoms with E-state index in [1.165, 1.54) is 19.2 Å². The molecule has 0 radical (unpaired) electrons. The number of carbonyl (C=O) groups is 1. The molecule has 0 atom stereocenters. The van der Waals surface area contributed by atoms with Gasteiger partial charge < -0.3 is 19.5 Å². The van der Waals surface area contributed by atoms with Crippen molar-refractivity contribution in [3.05, 3.63) is 72.3 Å². The molecule has 1 N–H and O–H groups in total. The number of sulfonamides is 1. The maximum Gasteiger partial charge on any atom is 0.264 e. The molecule has 0 bridgehead atoms. The lowest BCUT2D eigenvalue weighted by molar-refractivity contribution is -0.114. The maximum absolute atomic E-state index is 13.5. The van der Waals surface area contributed by atoms with Gasteiger partial charge in [-0.1, -0.05) is 18.2 Å². The van der Waals surface area contributed by atoms with Crippen molar-refractivity contribution in [3.63, 3.8) is 0 Å². The van der Waals surface area contributed by atoms with Gasteiger partial charge in [-0.15, -0.1) is 0 Å². The lowest BCUT2D eigenvalue weighted by Crippen LogP contribution is -2.38. The number of methoxy groups -OCH3 is 1. The van der Waals surface area contributed by atoms with E-state index < -0.39 is 22.5 Å². The van der Waals surface area contributed by atoms with Crippen LogP contribution >= 0.6 is 0 Å². The number of para-hydroxylation sites is 1. The molecule has 8 nitrogen and oxygen atoms in total. The van der Waals surface area contributed by atoms with E-state index in [-0.39, 0.29) is 11.7 Å². The summed E-state index contributed by atoms with van der Waals surface area (Å²) >= 11 is 0. The molecule has 1 amide bonds. The fourth-order valence-electron chi connectivity index (χ4n) is 3.35. The Morgan fingerprint density at radius 3 is 2.50 bits per heavy atom. The summed E-state index contributed by atoms with van der Waals surface area (Å²) in [5.74, 6) is 1.19. The normalized spacial score (nSPS) is 12.3. The van der Waals surface area contributed by atoms with Gasteiger partial charge in [0.2, 0.25) is 12.7 Å². The van der Waals surface area contributed by atoms with Crippen LogP contribution in [0.3, 0.4) is 0 Å². The molecule has 0 saturated carbocycles. The molecule has 0 unspecified atom stereocenters. The average molecular weight is 455 g/mol. The fourth-order valence-corrected chi connectivity index (χ4v) is 4.86. The molecule has 32 heavy (non-hydrogen) atoms. The number of anilines is 2. The van der Waals surface area contributed by atoms with Crippen LogP contribution in [-0.4, -0.2) is 34.8 Å². The summed E-state index contributed by atoms with van der Waals surface area (Å²) in [6, 6.07) is 18.1. The van der Waals surface area contributed by atoms with Crippen LogP contribution in [0.2, 0.25) is 0 Å². The standard InChI is InChI=1S/C23H22N2O6S/c1-16-12-19(9-11-20(16)29-2)32(27,28)25(18-6-4-3-5-7-18)14-23(26)24-17-8-10-21-22(13-17)31-15-30-21/h3-13H,14-15H2,1-2H3,(H,24,26). The zero-order valence-electron chi connectivity index (χ0n) is 17.6. The van der Waals surface area contributed by atoms with E-state index in [1.54, 1.807) is 61.5 Å². The van der Waals surface area contributed by atoms with E-state index in [0.29, 0.717) is 34.2 Å². The predicted octanol–water partition coefficient (Wildman–Crippen LogP) is 3.57. The Morgan fingerprint density at radius 1 is 1.03 bits per heavy atom. The van der Waals surface area contributed by atoms with E-state index in [4.69, 9.17) is 14.2 Å². The molecule has 0 spiro atoms. The van der Waals surface area contributed by atoms with Crippen LogP contribution in [0, 0.1) is 6.92 Å². The molecule has 166 valence electrons. The van der Waals surface area contributed by atoms with Gasteiger partial charge in [-0.3, -0.25) is 9.10 Å². The first kappa shape index (κ1) is 21.5. The van der Waals surface area contributed by atoms with Crippen LogP contribution in [-0.2, 0) is 14.8 Å². The number of carbonyl (C=O) groups excluding carboxylic acids is 1. The summed E-state index contributed by atoms with van der Waals surface area (Å²) in [5.41, 5.74) is 1.53. The fraction of sp³-hybridized carbons (Fsp3) is 0.174. The van der Waals surface area contributed by atoms with E-state index in [9.17, 15) is 13.2 Å². The summed E-state index contributed by atoms with van der Waals surface area (Å²) < 4.78 is 43.9. The Balaban J connectivity index is 1.62. The van der Waals surface area contributed by atoms with E-state index in [0.717, 1.165) is 4.31 Å². The lowest BCUT2D eigenvalue weighted by atomic mass is 10.2. The highest BCUT2D eigenvalue weighted by molar-refractivity contribution is 7.92. The van der Waals surface area contributed by atoms with E-state index in [1.807, 2.05) is 0 Å². The number of nitrogens with one attached hydrogen (secondary N) is 1. The van der Waals surface area contributed by atoms with Gasteiger partial charge in [0.05, 0.1) is 17.7 Å². The molecular weight excluding hydrogens is 432 g/mol. The molecule has 0 aliphatic carbocycles. The zero-order chi connectivity index (χ0) is 22.7. The van der Waals surface area contributed by atoms with Gasteiger partial charge in [-0.05, 0) is 55.0 Å². The Hall–Kier alpha value is -3.72. The van der Waals surface area contributed by atoms with Crippen LogP contribution in [0.5, 0.6) is 17.2 Å². The number of hydrogen-bond donors (Lipinski definition) is 1. The first-order valence-corrected chi connectivity index (χ1v) is 11.2. The van der Waals surface area contributed by atoms with Crippen molar-refractivity contribution in [2.45, 2.75) is 11.8 Å².